The maximum atomic E-state index is 12.2. The summed E-state index contributed by atoms with van der Waals surface area (Å²) in [4.78, 5) is 12.2. The molecule has 0 aliphatic carbocycles. The Hall–Kier alpha value is -1.91. The Morgan fingerprint density at radius 1 is 1.04 bits per heavy atom. The number of hydrogen-bond acceptors (Lipinski definition) is 3. The highest BCUT2D eigenvalue weighted by atomic mass is 35.5. The first kappa shape index (κ1) is 21.4. The Bertz CT molecular complexity index is 738. The van der Waals surface area contributed by atoms with Gasteiger partial charge in [0.05, 0.1) is 28.9 Å². The van der Waals surface area contributed by atoms with Crippen LogP contribution in [0.4, 0.5) is 11.4 Å². The van der Waals surface area contributed by atoms with Crippen molar-refractivity contribution in [3.63, 3.8) is 0 Å². The lowest BCUT2D eigenvalue weighted by molar-refractivity contribution is -0.114. The molecule has 2 aromatic rings. The Morgan fingerprint density at radius 2 is 1.81 bits per heavy atom. The molecular weight excluding hydrogens is 383 g/mol. The van der Waals surface area contributed by atoms with E-state index in [4.69, 9.17) is 27.9 Å². The van der Waals surface area contributed by atoms with Crippen molar-refractivity contribution in [2.45, 2.75) is 39.0 Å². The van der Waals surface area contributed by atoms with E-state index in [0.29, 0.717) is 28.0 Å². The lowest BCUT2D eigenvalue weighted by Crippen LogP contribution is -2.21. The van der Waals surface area contributed by atoms with Gasteiger partial charge in [0.2, 0.25) is 5.91 Å². The molecule has 0 atom stereocenters. The average molecular weight is 409 g/mol. The van der Waals surface area contributed by atoms with Gasteiger partial charge < -0.3 is 15.4 Å². The molecule has 2 aromatic carbocycles. The normalized spacial score (nSPS) is 10.5. The monoisotopic (exact) mass is 408 g/mol. The van der Waals surface area contributed by atoms with Crippen LogP contribution in [0.1, 0.15) is 39.0 Å². The summed E-state index contributed by atoms with van der Waals surface area (Å²) in [7, 11) is 0. The first-order valence-electron chi connectivity index (χ1n) is 9.30. The largest absolute Gasteiger partial charge is 0.494 e. The van der Waals surface area contributed by atoms with Gasteiger partial charge in [0.25, 0.3) is 0 Å². The van der Waals surface area contributed by atoms with E-state index in [2.05, 4.69) is 17.6 Å². The van der Waals surface area contributed by atoms with Gasteiger partial charge >= 0.3 is 0 Å². The summed E-state index contributed by atoms with van der Waals surface area (Å²) < 4.78 is 5.77. The Balaban J connectivity index is 1.77. The zero-order chi connectivity index (χ0) is 19.5. The molecule has 0 radical (unpaired) electrons. The summed E-state index contributed by atoms with van der Waals surface area (Å²) in [5.41, 5.74) is 1.32. The second-order valence-electron chi connectivity index (χ2n) is 6.29. The number of hydrogen-bond donors (Lipinski definition) is 2. The first-order valence-corrected chi connectivity index (χ1v) is 10.1. The number of unbranched alkanes of at least 4 members (excludes halogenated alkanes) is 4. The molecular formula is C21H26Cl2N2O2. The minimum absolute atomic E-state index is 0.0859. The molecule has 27 heavy (non-hydrogen) atoms. The van der Waals surface area contributed by atoms with E-state index in [0.717, 1.165) is 12.2 Å². The molecule has 0 unspecified atom stereocenters. The lowest BCUT2D eigenvalue weighted by atomic mass is 10.2. The molecule has 146 valence electrons. The van der Waals surface area contributed by atoms with Crippen LogP contribution in [0.25, 0.3) is 0 Å². The van der Waals surface area contributed by atoms with Crippen molar-refractivity contribution >= 4 is 40.5 Å². The predicted molar refractivity (Wildman–Crippen MR) is 114 cm³/mol. The van der Waals surface area contributed by atoms with E-state index in [-0.39, 0.29) is 12.5 Å². The molecule has 0 aliphatic rings. The van der Waals surface area contributed by atoms with E-state index < -0.39 is 0 Å². The average Bonchev–Trinajstić information content (AvgIpc) is 2.66. The summed E-state index contributed by atoms with van der Waals surface area (Å²) in [5.74, 6) is 0.580. The zero-order valence-electron chi connectivity index (χ0n) is 15.6. The predicted octanol–water partition coefficient (Wildman–Crippen LogP) is 6.39. The number of nitrogens with one attached hydrogen (secondary N) is 2. The van der Waals surface area contributed by atoms with Gasteiger partial charge in [0.1, 0.15) is 5.75 Å². The van der Waals surface area contributed by atoms with Crippen LogP contribution < -0.4 is 15.4 Å². The van der Waals surface area contributed by atoms with E-state index in [9.17, 15) is 4.79 Å². The van der Waals surface area contributed by atoms with E-state index in [1.165, 1.54) is 25.7 Å². The molecule has 0 saturated carbocycles. The molecule has 0 bridgehead atoms. The van der Waals surface area contributed by atoms with Gasteiger partial charge in [-0.25, -0.2) is 0 Å². The summed E-state index contributed by atoms with van der Waals surface area (Å²) in [5, 5.41) is 6.68. The number of amides is 1. The standard InChI is InChI=1S/C21H26Cl2N2O2/c1-2-3-4-5-6-13-27-17-10-7-9-16(14-17)25-20(26)15-24-19-12-8-11-18(22)21(19)23/h7-12,14,24H,2-6,13,15H2,1H3,(H,25,26). The summed E-state index contributed by atoms with van der Waals surface area (Å²) >= 11 is 12.1. The molecule has 0 spiro atoms. The molecule has 0 aromatic heterocycles. The Kier molecular flexibility index (Phi) is 9.29. The number of ether oxygens (including phenoxy) is 1. The summed E-state index contributed by atoms with van der Waals surface area (Å²) in [6, 6.07) is 12.7. The van der Waals surface area contributed by atoms with Gasteiger partial charge in [-0.05, 0) is 30.7 Å². The van der Waals surface area contributed by atoms with Crippen LogP contribution in [0.5, 0.6) is 5.75 Å². The van der Waals surface area contributed by atoms with Crippen LogP contribution >= 0.6 is 23.2 Å². The number of halogens is 2. The number of anilines is 2. The van der Waals surface area contributed by atoms with Gasteiger partial charge in [0.15, 0.2) is 0 Å². The van der Waals surface area contributed by atoms with Crippen LogP contribution in [-0.4, -0.2) is 19.1 Å². The smallest absolute Gasteiger partial charge is 0.243 e. The fraction of sp³-hybridized carbons (Fsp3) is 0.381. The third kappa shape index (κ3) is 7.69. The van der Waals surface area contributed by atoms with Crippen LogP contribution in [0.3, 0.4) is 0 Å². The highest BCUT2D eigenvalue weighted by Crippen LogP contribution is 2.29. The number of rotatable bonds is 11. The molecule has 0 heterocycles. The molecule has 0 aliphatic heterocycles. The highest BCUT2D eigenvalue weighted by molar-refractivity contribution is 6.43. The molecule has 0 fully saturated rings. The fourth-order valence-corrected chi connectivity index (χ4v) is 2.95. The maximum Gasteiger partial charge on any atom is 0.243 e. The van der Waals surface area contributed by atoms with Gasteiger partial charge in [-0.1, -0.05) is 67.9 Å². The van der Waals surface area contributed by atoms with Crippen LogP contribution in [-0.2, 0) is 4.79 Å². The molecule has 0 saturated heterocycles. The minimum Gasteiger partial charge on any atom is -0.494 e. The third-order valence-corrected chi connectivity index (χ3v) is 4.84. The van der Waals surface area contributed by atoms with Crippen molar-refractivity contribution in [3.05, 3.63) is 52.5 Å². The number of carbonyl (C=O) groups excluding carboxylic acids is 1. The molecule has 1 amide bonds. The van der Waals surface area contributed by atoms with E-state index in [1.807, 2.05) is 24.3 Å². The Labute approximate surface area is 171 Å². The number of benzene rings is 2. The zero-order valence-corrected chi connectivity index (χ0v) is 17.1. The van der Waals surface area contributed by atoms with Gasteiger partial charge in [-0.3, -0.25) is 4.79 Å². The van der Waals surface area contributed by atoms with Crippen molar-refractivity contribution in [2.24, 2.45) is 0 Å². The molecule has 2 rings (SSSR count). The lowest BCUT2D eigenvalue weighted by Gasteiger charge is -2.11. The van der Waals surface area contributed by atoms with Crippen molar-refractivity contribution in [1.82, 2.24) is 0 Å². The summed E-state index contributed by atoms with van der Waals surface area (Å²) in [6.07, 6.45) is 5.99. The third-order valence-electron chi connectivity index (χ3n) is 4.03. The van der Waals surface area contributed by atoms with Crippen molar-refractivity contribution in [3.8, 4) is 5.75 Å². The molecule has 6 heteroatoms. The van der Waals surface area contributed by atoms with Crippen LogP contribution in [0.15, 0.2) is 42.5 Å². The van der Waals surface area contributed by atoms with Crippen molar-refractivity contribution in [1.29, 1.82) is 0 Å². The topological polar surface area (TPSA) is 50.4 Å². The van der Waals surface area contributed by atoms with Crippen LogP contribution in [0, 0.1) is 0 Å². The molecule has 2 N–H and O–H groups in total. The molecule has 4 nitrogen and oxygen atoms in total. The maximum absolute atomic E-state index is 12.2. The quantitative estimate of drug-likeness (QED) is 0.423. The van der Waals surface area contributed by atoms with Crippen molar-refractivity contribution in [2.75, 3.05) is 23.8 Å². The highest BCUT2D eigenvalue weighted by Gasteiger charge is 2.07. The van der Waals surface area contributed by atoms with Gasteiger partial charge in [0, 0.05) is 11.8 Å². The van der Waals surface area contributed by atoms with E-state index in [1.54, 1.807) is 18.2 Å². The van der Waals surface area contributed by atoms with Crippen LogP contribution in [0.2, 0.25) is 10.0 Å². The van der Waals surface area contributed by atoms with Gasteiger partial charge in [-0.2, -0.15) is 0 Å². The fourth-order valence-electron chi connectivity index (χ4n) is 2.58. The summed E-state index contributed by atoms with van der Waals surface area (Å²) in [6.45, 7) is 2.98. The first-order chi connectivity index (χ1) is 13.1. The Morgan fingerprint density at radius 3 is 2.63 bits per heavy atom. The minimum atomic E-state index is -0.178. The number of carbonyl (C=O) groups is 1. The van der Waals surface area contributed by atoms with E-state index >= 15 is 0 Å². The van der Waals surface area contributed by atoms with Crippen molar-refractivity contribution < 1.29 is 9.53 Å². The second kappa shape index (κ2) is 11.7. The SMILES string of the molecule is CCCCCCCOc1cccc(NC(=O)CNc2cccc(Cl)c2Cl)c1. The second-order valence-corrected chi connectivity index (χ2v) is 7.08. The van der Waals surface area contributed by atoms with Gasteiger partial charge in [-0.15, -0.1) is 0 Å².